The van der Waals surface area contributed by atoms with Crippen molar-refractivity contribution in [3.05, 3.63) is 75.3 Å². The van der Waals surface area contributed by atoms with Gasteiger partial charge in [0.15, 0.2) is 11.6 Å². The Morgan fingerprint density at radius 1 is 0.929 bits per heavy atom. The van der Waals surface area contributed by atoms with Crippen molar-refractivity contribution in [1.29, 1.82) is 0 Å². The molecule has 4 aromatic rings. The Hall–Kier alpha value is -4.49. The first-order valence-electron chi connectivity index (χ1n) is 11.5. The molecule has 0 amide bonds. The lowest BCUT2D eigenvalue weighted by Crippen LogP contribution is -2.20. The summed E-state index contributed by atoms with van der Waals surface area (Å²) in [6.45, 7) is 1.36. The van der Waals surface area contributed by atoms with Gasteiger partial charge >= 0.3 is 0 Å². The maximum atomic E-state index is 12.7. The number of benzene rings is 2. The second-order valence-electron chi connectivity index (χ2n) is 8.62. The van der Waals surface area contributed by atoms with Gasteiger partial charge in [-0.25, -0.2) is 0 Å². The molecule has 0 aliphatic carbocycles. The largest absolute Gasteiger partial charge is 0.494 e. The van der Waals surface area contributed by atoms with Gasteiger partial charge in [0.2, 0.25) is 17.2 Å². The van der Waals surface area contributed by atoms with Gasteiger partial charge in [-0.3, -0.25) is 18.5 Å². The van der Waals surface area contributed by atoms with Crippen LogP contribution in [0.1, 0.15) is 11.1 Å². The predicted octanol–water partition coefficient (Wildman–Crippen LogP) is 3.77. The van der Waals surface area contributed by atoms with Crippen LogP contribution in [0.3, 0.4) is 0 Å². The molecule has 0 radical (unpaired) electrons. The number of nitrogens with one attached hydrogen (secondary N) is 2. The molecule has 19 heteroatoms. The first-order chi connectivity index (χ1) is 19.6. The molecule has 16 nitrogen and oxygen atoms in total. The average Bonchev–Trinajstić information content (AvgIpc) is 2.89. The van der Waals surface area contributed by atoms with Crippen molar-refractivity contribution in [3.63, 3.8) is 0 Å². The van der Waals surface area contributed by atoms with E-state index in [0.717, 1.165) is 4.57 Å². The zero-order valence-corrected chi connectivity index (χ0v) is 24.0. The summed E-state index contributed by atoms with van der Waals surface area (Å²) in [6.07, 6.45) is 0. The van der Waals surface area contributed by atoms with Crippen molar-refractivity contribution in [2.45, 2.75) is 17.6 Å². The van der Waals surface area contributed by atoms with E-state index in [1.165, 1.54) is 44.3 Å². The van der Waals surface area contributed by atoms with Crippen LogP contribution >= 0.6 is 11.6 Å². The monoisotopic (exact) mass is 636 g/mol. The van der Waals surface area contributed by atoms with E-state index in [4.69, 9.17) is 11.6 Å². The fourth-order valence-electron chi connectivity index (χ4n) is 3.61. The Bertz CT molecular complexity index is 2000. The summed E-state index contributed by atoms with van der Waals surface area (Å²) >= 11 is 6.03. The van der Waals surface area contributed by atoms with Gasteiger partial charge in [0, 0.05) is 24.0 Å². The normalized spacial score (nSPS) is 12.0. The number of halogens is 1. The molecule has 5 N–H and O–H groups in total. The van der Waals surface area contributed by atoms with Crippen LogP contribution in [0, 0.1) is 6.92 Å². The van der Waals surface area contributed by atoms with Gasteiger partial charge in [-0.2, -0.15) is 36.9 Å². The molecule has 2 aromatic carbocycles. The Labute approximate surface area is 243 Å². The van der Waals surface area contributed by atoms with E-state index in [2.05, 4.69) is 35.8 Å². The van der Waals surface area contributed by atoms with Crippen LogP contribution in [-0.4, -0.2) is 50.6 Å². The number of nitrogens with zero attached hydrogens (tertiary/aromatic N) is 6. The summed E-state index contributed by atoms with van der Waals surface area (Å²) in [5, 5.41) is 23.7. The fourth-order valence-corrected chi connectivity index (χ4v) is 5.01. The molecule has 0 bridgehead atoms. The summed E-state index contributed by atoms with van der Waals surface area (Å²) in [7, 11) is -7.74. The smallest absolute Gasteiger partial charge is 0.294 e. The number of pyridine rings is 1. The maximum Gasteiger partial charge on any atom is 0.294 e. The summed E-state index contributed by atoms with van der Waals surface area (Å²) in [5.41, 5.74) is -0.259. The molecule has 0 fully saturated rings. The van der Waals surface area contributed by atoms with Crippen LogP contribution in [0.15, 0.2) is 68.4 Å². The molecule has 0 atom stereocenters. The van der Waals surface area contributed by atoms with Gasteiger partial charge in [-0.05, 0) is 60.5 Å². The SMILES string of the molecule is Cc1c(CS(=O)(=O)O)c(O)n(C)c(=O)c1N=Nc1cccc(Nc2nc(Cl)nc(Nc3cccc(S(=O)(=O)O)c3)n2)c1. The topological polar surface area (TPSA) is 238 Å². The van der Waals surface area contributed by atoms with E-state index < -0.39 is 37.4 Å². The molecule has 0 saturated heterocycles. The highest BCUT2D eigenvalue weighted by molar-refractivity contribution is 7.85. The maximum absolute atomic E-state index is 12.7. The van der Waals surface area contributed by atoms with Crippen LogP contribution in [-0.2, 0) is 33.0 Å². The van der Waals surface area contributed by atoms with E-state index in [0.29, 0.717) is 5.69 Å². The third-order valence-electron chi connectivity index (χ3n) is 5.59. The molecular weight excluding hydrogens is 616 g/mol. The number of anilines is 4. The van der Waals surface area contributed by atoms with Gasteiger partial charge in [0.1, 0.15) is 5.75 Å². The molecule has 4 rings (SSSR count). The highest BCUT2D eigenvalue weighted by Gasteiger charge is 2.21. The summed E-state index contributed by atoms with van der Waals surface area (Å²) in [4.78, 5) is 24.5. The van der Waals surface area contributed by atoms with Gasteiger partial charge in [-0.15, -0.1) is 5.11 Å². The van der Waals surface area contributed by atoms with Crippen molar-refractivity contribution in [3.8, 4) is 5.88 Å². The van der Waals surface area contributed by atoms with Crippen LogP contribution in [0.2, 0.25) is 5.28 Å². The number of aromatic nitrogens is 4. The number of azo groups is 1. The Morgan fingerprint density at radius 2 is 1.52 bits per heavy atom. The molecule has 2 heterocycles. The Balaban J connectivity index is 1.59. The minimum Gasteiger partial charge on any atom is -0.494 e. The zero-order valence-electron chi connectivity index (χ0n) is 21.6. The predicted molar refractivity (Wildman–Crippen MR) is 152 cm³/mol. The quantitative estimate of drug-likeness (QED) is 0.130. The molecule has 0 saturated carbocycles. The van der Waals surface area contributed by atoms with Crippen LogP contribution in [0.4, 0.5) is 34.6 Å². The molecule has 0 aliphatic heterocycles. The number of rotatable bonds is 9. The summed E-state index contributed by atoms with van der Waals surface area (Å²) in [5.74, 6) is -1.61. The minimum absolute atomic E-state index is 0.00405. The van der Waals surface area contributed by atoms with Crippen molar-refractivity contribution >= 4 is 66.5 Å². The first-order valence-corrected chi connectivity index (χ1v) is 14.9. The third-order valence-corrected chi connectivity index (χ3v) is 7.27. The van der Waals surface area contributed by atoms with Crippen molar-refractivity contribution < 1.29 is 31.0 Å². The minimum atomic E-state index is -4.52. The Kier molecular flexibility index (Phi) is 8.55. The van der Waals surface area contributed by atoms with Crippen LogP contribution in [0.5, 0.6) is 5.88 Å². The molecule has 2 aromatic heterocycles. The van der Waals surface area contributed by atoms with Gasteiger partial charge in [-0.1, -0.05) is 12.1 Å². The van der Waals surface area contributed by atoms with Crippen molar-refractivity contribution in [1.82, 2.24) is 19.5 Å². The zero-order chi connectivity index (χ0) is 30.8. The lowest BCUT2D eigenvalue weighted by atomic mass is 10.1. The van der Waals surface area contributed by atoms with E-state index in [1.807, 2.05) is 0 Å². The molecule has 0 spiro atoms. The van der Waals surface area contributed by atoms with Crippen LogP contribution in [0.25, 0.3) is 0 Å². The average molecular weight is 637 g/mol. The standard InChI is InChI=1S/C23H21ClN8O8S2/c1-12-17(11-41(35,36)37)19(33)32(2)20(34)18(12)31-30-15-7-3-5-13(9-15)25-22-27-21(24)28-23(29-22)26-14-6-4-8-16(10-14)42(38,39)40/h3-10,33H,11H2,1-2H3,(H,35,36,37)(H,38,39,40)(H2,25,26,27,28,29). The molecule has 220 valence electrons. The van der Waals surface area contributed by atoms with Crippen molar-refractivity contribution in [2.24, 2.45) is 17.3 Å². The van der Waals surface area contributed by atoms with E-state index >= 15 is 0 Å². The summed E-state index contributed by atoms with van der Waals surface area (Å²) in [6, 6.07) is 11.6. The van der Waals surface area contributed by atoms with Gasteiger partial charge < -0.3 is 15.7 Å². The van der Waals surface area contributed by atoms with Gasteiger partial charge in [0.05, 0.1) is 10.6 Å². The molecule has 0 unspecified atom stereocenters. The summed E-state index contributed by atoms with van der Waals surface area (Å²) < 4.78 is 64.9. The van der Waals surface area contributed by atoms with E-state index in [-0.39, 0.29) is 50.3 Å². The Morgan fingerprint density at radius 3 is 2.12 bits per heavy atom. The number of hydrogen-bond donors (Lipinski definition) is 5. The van der Waals surface area contributed by atoms with Crippen molar-refractivity contribution in [2.75, 3.05) is 10.6 Å². The van der Waals surface area contributed by atoms with E-state index in [1.54, 1.807) is 18.2 Å². The second kappa shape index (κ2) is 11.8. The number of hydrogen-bond acceptors (Lipinski definition) is 13. The highest BCUT2D eigenvalue weighted by atomic mass is 35.5. The molecular formula is C23H21ClN8O8S2. The van der Waals surface area contributed by atoms with Gasteiger partial charge in [0.25, 0.3) is 25.8 Å². The highest BCUT2D eigenvalue weighted by Crippen LogP contribution is 2.29. The lowest BCUT2D eigenvalue weighted by molar-refractivity contribution is 0.415. The number of aromatic hydroxyl groups is 1. The molecule has 0 aliphatic rings. The second-order valence-corrected chi connectivity index (χ2v) is 11.8. The van der Waals surface area contributed by atoms with E-state index in [9.17, 15) is 35.8 Å². The fraction of sp³-hybridized carbons (Fsp3) is 0.130. The first kappa shape index (κ1) is 30.5. The lowest BCUT2D eigenvalue weighted by Gasteiger charge is -2.12. The van der Waals surface area contributed by atoms with Crippen LogP contribution < -0.4 is 16.2 Å². The molecule has 42 heavy (non-hydrogen) atoms. The third kappa shape index (κ3) is 7.42.